The van der Waals surface area contributed by atoms with Gasteiger partial charge in [-0.05, 0) is 11.3 Å². The van der Waals surface area contributed by atoms with Crippen molar-refractivity contribution in [3.8, 4) is 0 Å². The Morgan fingerprint density at radius 3 is 3.00 bits per heavy atom. The van der Waals surface area contributed by atoms with Crippen molar-refractivity contribution in [3.05, 3.63) is 22.4 Å². The van der Waals surface area contributed by atoms with E-state index in [1.807, 2.05) is 0 Å². The Kier molecular flexibility index (Phi) is 5.90. The lowest BCUT2D eigenvalue weighted by molar-refractivity contribution is -0.389. The number of nitro groups is 1. The monoisotopic (exact) mass is 272 g/mol. The fourth-order valence-corrected chi connectivity index (χ4v) is 1.51. The number of methoxy groups -OCH3 is 1. The normalized spacial score (nSPS) is 12.1. The Bertz CT molecular complexity index is 427. The Labute approximate surface area is 109 Å². The highest BCUT2D eigenvalue weighted by atomic mass is 16.6. The number of aromatic nitrogens is 2. The maximum absolute atomic E-state index is 11.7. The van der Waals surface area contributed by atoms with Crippen molar-refractivity contribution in [3.63, 3.8) is 0 Å². The summed E-state index contributed by atoms with van der Waals surface area (Å²) in [6.45, 7) is 0.0899. The van der Waals surface area contributed by atoms with Gasteiger partial charge in [-0.2, -0.15) is 4.68 Å². The lowest BCUT2D eigenvalue weighted by atomic mass is 10.2. The average molecular weight is 272 g/mol. The van der Waals surface area contributed by atoms with Crippen LogP contribution in [0.3, 0.4) is 0 Å². The molecular weight excluding hydrogens is 256 g/mol. The summed E-state index contributed by atoms with van der Waals surface area (Å²) >= 11 is 0. The standard InChI is InChI=1S/C10H16N4O5/c1-19-7-8(3-5-15)11-10(16)6-13-4-2-9(12-13)14(17)18/h2,4,8,15H,3,5-7H2,1H3,(H,11,16). The van der Waals surface area contributed by atoms with Gasteiger partial charge in [-0.25, -0.2) is 0 Å². The first-order valence-electron chi connectivity index (χ1n) is 5.63. The molecule has 0 aliphatic rings. The minimum Gasteiger partial charge on any atom is -0.396 e. The molecule has 0 fully saturated rings. The molecule has 106 valence electrons. The van der Waals surface area contributed by atoms with Gasteiger partial charge in [-0.15, -0.1) is 0 Å². The van der Waals surface area contributed by atoms with Gasteiger partial charge in [-0.1, -0.05) is 0 Å². The van der Waals surface area contributed by atoms with E-state index in [1.165, 1.54) is 24.1 Å². The van der Waals surface area contributed by atoms with Crippen molar-refractivity contribution in [2.75, 3.05) is 20.3 Å². The summed E-state index contributed by atoms with van der Waals surface area (Å²) in [5.41, 5.74) is 0. The lowest BCUT2D eigenvalue weighted by Gasteiger charge is -2.16. The zero-order chi connectivity index (χ0) is 14.3. The number of nitrogens with zero attached hydrogens (tertiary/aromatic N) is 3. The predicted molar refractivity (Wildman–Crippen MR) is 64.4 cm³/mol. The molecule has 0 radical (unpaired) electrons. The van der Waals surface area contributed by atoms with Gasteiger partial charge in [0.05, 0.1) is 30.0 Å². The van der Waals surface area contributed by atoms with E-state index in [-0.39, 0.29) is 37.5 Å². The largest absolute Gasteiger partial charge is 0.396 e. The number of amides is 1. The molecule has 1 unspecified atom stereocenters. The van der Waals surface area contributed by atoms with E-state index in [1.54, 1.807) is 0 Å². The van der Waals surface area contributed by atoms with Crippen LogP contribution in [0.25, 0.3) is 0 Å². The Morgan fingerprint density at radius 2 is 2.47 bits per heavy atom. The van der Waals surface area contributed by atoms with Crippen LogP contribution in [0.4, 0.5) is 5.82 Å². The van der Waals surface area contributed by atoms with E-state index in [4.69, 9.17) is 9.84 Å². The molecule has 0 aliphatic carbocycles. The van der Waals surface area contributed by atoms with E-state index < -0.39 is 4.92 Å². The van der Waals surface area contributed by atoms with E-state index in [0.717, 1.165) is 0 Å². The number of aliphatic hydroxyl groups excluding tert-OH is 1. The lowest BCUT2D eigenvalue weighted by Crippen LogP contribution is -2.40. The van der Waals surface area contributed by atoms with Gasteiger partial charge < -0.3 is 25.3 Å². The summed E-state index contributed by atoms with van der Waals surface area (Å²) in [5, 5.41) is 25.5. The number of carbonyl (C=O) groups is 1. The zero-order valence-corrected chi connectivity index (χ0v) is 10.5. The van der Waals surface area contributed by atoms with E-state index in [9.17, 15) is 14.9 Å². The maximum atomic E-state index is 11.7. The topological polar surface area (TPSA) is 120 Å². The molecule has 1 aromatic heterocycles. The van der Waals surface area contributed by atoms with Crippen LogP contribution in [-0.2, 0) is 16.1 Å². The van der Waals surface area contributed by atoms with E-state index in [0.29, 0.717) is 6.42 Å². The number of nitrogens with one attached hydrogen (secondary N) is 1. The van der Waals surface area contributed by atoms with E-state index in [2.05, 4.69) is 10.4 Å². The first-order chi connectivity index (χ1) is 9.06. The molecule has 0 aromatic carbocycles. The van der Waals surface area contributed by atoms with Crippen LogP contribution in [0.1, 0.15) is 6.42 Å². The second kappa shape index (κ2) is 7.44. The van der Waals surface area contributed by atoms with Crippen molar-refractivity contribution < 1.29 is 19.6 Å². The van der Waals surface area contributed by atoms with Gasteiger partial charge >= 0.3 is 5.82 Å². The second-order valence-electron chi connectivity index (χ2n) is 3.86. The summed E-state index contributed by atoms with van der Waals surface area (Å²) in [6.07, 6.45) is 1.73. The van der Waals surface area contributed by atoms with Crippen molar-refractivity contribution in [1.82, 2.24) is 15.1 Å². The highest BCUT2D eigenvalue weighted by Crippen LogP contribution is 2.04. The molecule has 9 heteroatoms. The molecule has 1 heterocycles. The molecule has 0 saturated heterocycles. The van der Waals surface area contributed by atoms with Crippen LogP contribution in [0.15, 0.2) is 12.3 Å². The first kappa shape index (κ1) is 15.1. The van der Waals surface area contributed by atoms with Crippen molar-refractivity contribution in [2.24, 2.45) is 0 Å². The third-order valence-corrected chi connectivity index (χ3v) is 2.33. The molecule has 0 aliphatic heterocycles. The quantitative estimate of drug-likeness (QED) is 0.477. The summed E-state index contributed by atoms with van der Waals surface area (Å²) in [7, 11) is 1.49. The molecule has 9 nitrogen and oxygen atoms in total. The fraction of sp³-hybridized carbons (Fsp3) is 0.600. The summed E-state index contributed by atoms with van der Waals surface area (Å²) in [6, 6.07) is 0.918. The van der Waals surface area contributed by atoms with Gasteiger partial charge in [0.25, 0.3) is 0 Å². The van der Waals surface area contributed by atoms with Crippen LogP contribution in [0, 0.1) is 10.1 Å². The number of aliphatic hydroxyl groups is 1. The summed E-state index contributed by atoms with van der Waals surface area (Å²) in [5.74, 6) is -0.662. The minimum absolute atomic E-state index is 0.0679. The molecule has 0 spiro atoms. The second-order valence-corrected chi connectivity index (χ2v) is 3.86. The Balaban J connectivity index is 2.50. The molecule has 1 atom stereocenters. The van der Waals surface area contributed by atoms with Crippen LogP contribution in [0.5, 0.6) is 0 Å². The van der Waals surface area contributed by atoms with E-state index >= 15 is 0 Å². The first-order valence-corrected chi connectivity index (χ1v) is 5.63. The number of ether oxygens (including phenoxy) is 1. The summed E-state index contributed by atoms with van der Waals surface area (Å²) < 4.78 is 6.08. The molecule has 0 saturated carbocycles. The molecule has 0 bridgehead atoms. The third kappa shape index (κ3) is 5.02. The smallest absolute Gasteiger partial charge is 0.389 e. The Morgan fingerprint density at radius 1 is 1.74 bits per heavy atom. The minimum atomic E-state index is -0.631. The fourth-order valence-electron chi connectivity index (χ4n) is 1.51. The van der Waals surface area contributed by atoms with Gasteiger partial charge in [0.1, 0.15) is 6.54 Å². The molecular formula is C10H16N4O5. The third-order valence-electron chi connectivity index (χ3n) is 2.33. The molecule has 2 N–H and O–H groups in total. The SMILES string of the molecule is COCC(CCO)NC(=O)Cn1ccc([N+](=O)[O-])n1. The molecule has 19 heavy (non-hydrogen) atoms. The maximum Gasteiger partial charge on any atom is 0.389 e. The number of hydrogen-bond acceptors (Lipinski definition) is 6. The van der Waals surface area contributed by atoms with Gasteiger partial charge in [0.15, 0.2) is 0 Å². The van der Waals surface area contributed by atoms with Crippen molar-refractivity contribution in [1.29, 1.82) is 0 Å². The Hall–Kier alpha value is -2.00. The van der Waals surface area contributed by atoms with Crippen LogP contribution < -0.4 is 5.32 Å². The summed E-state index contributed by atoms with van der Waals surface area (Å²) in [4.78, 5) is 21.5. The predicted octanol–water partition coefficient (Wildman–Crippen LogP) is -0.695. The zero-order valence-electron chi connectivity index (χ0n) is 10.5. The van der Waals surface area contributed by atoms with Crippen LogP contribution in [0.2, 0.25) is 0 Å². The number of rotatable bonds is 8. The van der Waals surface area contributed by atoms with Crippen LogP contribution in [-0.4, -0.2) is 52.1 Å². The average Bonchev–Trinajstić information content (AvgIpc) is 2.78. The van der Waals surface area contributed by atoms with Crippen LogP contribution >= 0.6 is 0 Å². The van der Waals surface area contributed by atoms with Crippen molar-refractivity contribution >= 4 is 11.7 Å². The number of carbonyl (C=O) groups excluding carboxylic acids is 1. The highest BCUT2D eigenvalue weighted by Gasteiger charge is 2.16. The number of hydrogen-bond donors (Lipinski definition) is 2. The molecule has 1 aromatic rings. The van der Waals surface area contributed by atoms with Crippen molar-refractivity contribution in [2.45, 2.75) is 19.0 Å². The van der Waals surface area contributed by atoms with Gasteiger partial charge in [-0.3, -0.25) is 4.79 Å². The van der Waals surface area contributed by atoms with Gasteiger partial charge in [0, 0.05) is 13.7 Å². The molecule has 1 rings (SSSR count). The highest BCUT2D eigenvalue weighted by molar-refractivity contribution is 5.76. The van der Waals surface area contributed by atoms with Gasteiger partial charge in [0.2, 0.25) is 5.91 Å². The molecule has 1 amide bonds.